The first-order valence-corrected chi connectivity index (χ1v) is 7.87. The van der Waals surface area contributed by atoms with Crippen LogP contribution in [-0.2, 0) is 6.42 Å². The highest BCUT2D eigenvalue weighted by atomic mass is 16.5. The van der Waals surface area contributed by atoms with Crippen molar-refractivity contribution in [1.82, 2.24) is 0 Å². The molecule has 0 amide bonds. The molecule has 1 aliphatic heterocycles. The maximum Gasteiger partial charge on any atom is 0.193 e. The highest BCUT2D eigenvalue weighted by Gasteiger charge is 2.27. The maximum atomic E-state index is 12.5. The number of hydrogen-bond donors (Lipinski definition) is 0. The third-order valence-electron chi connectivity index (χ3n) is 4.35. The van der Waals surface area contributed by atoms with E-state index in [0.29, 0.717) is 16.7 Å². The molecule has 4 rings (SSSR count). The van der Waals surface area contributed by atoms with Gasteiger partial charge in [0.2, 0.25) is 0 Å². The van der Waals surface area contributed by atoms with Crippen LogP contribution in [0.25, 0.3) is 22.3 Å². The second kappa shape index (κ2) is 4.98. The molecular weight excluding hydrogens is 288 g/mol. The van der Waals surface area contributed by atoms with Gasteiger partial charge in [0.15, 0.2) is 5.43 Å². The molecule has 1 aliphatic rings. The van der Waals surface area contributed by atoms with Crippen molar-refractivity contribution in [2.75, 3.05) is 0 Å². The monoisotopic (exact) mass is 306 g/mol. The predicted octanol–water partition coefficient (Wildman–Crippen LogP) is 4.56. The molecule has 0 N–H and O–H groups in total. The van der Waals surface area contributed by atoms with Crippen LogP contribution in [0, 0.1) is 0 Å². The zero-order valence-corrected chi connectivity index (χ0v) is 13.3. The standard InChI is InChI=1S/C20H18O3/c1-20(2)9-8-14-10-15-16(21)11-17(13-6-4-3-5-7-13)22-19(15)12-18(14)23-20/h3-7,10-12H,8-9H2,1-2H3. The average Bonchev–Trinajstić information content (AvgIpc) is 2.53. The van der Waals surface area contributed by atoms with Gasteiger partial charge in [0.25, 0.3) is 0 Å². The van der Waals surface area contributed by atoms with E-state index in [1.165, 1.54) is 0 Å². The zero-order valence-electron chi connectivity index (χ0n) is 13.3. The number of rotatable bonds is 1. The molecule has 116 valence electrons. The van der Waals surface area contributed by atoms with Gasteiger partial charge in [-0.25, -0.2) is 0 Å². The van der Waals surface area contributed by atoms with Crippen LogP contribution in [0.15, 0.2) is 57.7 Å². The first kappa shape index (κ1) is 14.1. The Bertz CT molecular complexity index is 936. The smallest absolute Gasteiger partial charge is 0.193 e. The van der Waals surface area contributed by atoms with Crippen LogP contribution in [0.2, 0.25) is 0 Å². The normalized spacial score (nSPS) is 15.9. The van der Waals surface area contributed by atoms with Gasteiger partial charge in [0.1, 0.15) is 22.7 Å². The minimum atomic E-state index is -0.183. The summed E-state index contributed by atoms with van der Waals surface area (Å²) in [5, 5.41) is 0.617. The Morgan fingerprint density at radius 1 is 1.04 bits per heavy atom. The fourth-order valence-corrected chi connectivity index (χ4v) is 3.05. The minimum Gasteiger partial charge on any atom is -0.487 e. The molecule has 3 heteroatoms. The Labute approximate surface area is 134 Å². The van der Waals surface area contributed by atoms with E-state index in [2.05, 4.69) is 13.8 Å². The van der Waals surface area contributed by atoms with Crippen LogP contribution in [-0.4, -0.2) is 5.60 Å². The molecule has 3 aromatic rings. The van der Waals surface area contributed by atoms with Crippen LogP contribution < -0.4 is 10.2 Å². The van der Waals surface area contributed by atoms with Gasteiger partial charge >= 0.3 is 0 Å². The van der Waals surface area contributed by atoms with Gasteiger partial charge in [-0.1, -0.05) is 30.3 Å². The number of ether oxygens (including phenoxy) is 1. The molecule has 0 saturated carbocycles. The van der Waals surface area contributed by atoms with E-state index in [9.17, 15) is 4.79 Å². The molecule has 23 heavy (non-hydrogen) atoms. The van der Waals surface area contributed by atoms with Gasteiger partial charge in [0.05, 0.1) is 5.39 Å². The molecule has 0 atom stereocenters. The van der Waals surface area contributed by atoms with Crippen molar-refractivity contribution in [1.29, 1.82) is 0 Å². The lowest BCUT2D eigenvalue weighted by Crippen LogP contribution is -2.32. The molecule has 0 saturated heterocycles. The van der Waals surface area contributed by atoms with E-state index in [4.69, 9.17) is 9.15 Å². The Morgan fingerprint density at radius 2 is 1.83 bits per heavy atom. The Kier molecular flexibility index (Phi) is 3.05. The summed E-state index contributed by atoms with van der Waals surface area (Å²) in [4.78, 5) is 12.5. The molecule has 0 fully saturated rings. The lowest BCUT2D eigenvalue weighted by molar-refractivity contribution is 0.0848. The number of fused-ring (bicyclic) bond motifs is 2. The first-order chi connectivity index (χ1) is 11.0. The lowest BCUT2D eigenvalue weighted by atomic mass is 9.93. The molecule has 3 nitrogen and oxygen atoms in total. The second-order valence-electron chi connectivity index (χ2n) is 6.66. The van der Waals surface area contributed by atoms with Crippen molar-refractivity contribution in [2.24, 2.45) is 0 Å². The molecule has 2 aromatic carbocycles. The summed E-state index contributed by atoms with van der Waals surface area (Å²) in [6.07, 6.45) is 1.86. The molecule has 0 unspecified atom stereocenters. The summed E-state index contributed by atoms with van der Waals surface area (Å²) in [6.45, 7) is 4.16. The zero-order chi connectivity index (χ0) is 16.0. The van der Waals surface area contributed by atoms with Gasteiger partial charge in [-0.05, 0) is 38.3 Å². The quantitative estimate of drug-likeness (QED) is 0.661. The minimum absolute atomic E-state index is 0.0160. The van der Waals surface area contributed by atoms with Crippen molar-refractivity contribution in [3.63, 3.8) is 0 Å². The predicted molar refractivity (Wildman–Crippen MR) is 90.9 cm³/mol. The van der Waals surface area contributed by atoms with Crippen LogP contribution in [0.5, 0.6) is 5.75 Å². The SMILES string of the molecule is CC1(C)CCc2cc3c(=O)cc(-c4ccccc4)oc3cc2O1. The van der Waals surface area contributed by atoms with Crippen molar-refractivity contribution in [3.05, 3.63) is 64.3 Å². The third-order valence-corrected chi connectivity index (χ3v) is 4.35. The van der Waals surface area contributed by atoms with Crippen LogP contribution in [0.3, 0.4) is 0 Å². The Balaban J connectivity index is 1.91. The van der Waals surface area contributed by atoms with E-state index in [-0.39, 0.29) is 11.0 Å². The van der Waals surface area contributed by atoms with Crippen LogP contribution >= 0.6 is 0 Å². The third kappa shape index (κ3) is 2.52. The molecule has 0 spiro atoms. The average molecular weight is 306 g/mol. The van der Waals surface area contributed by atoms with Gasteiger partial charge < -0.3 is 9.15 Å². The van der Waals surface area contributed by atoms with Crippen molar-refractivity contribution in [2.45, 2.75) is 32.3 Å². The number of aryl methyl sites for hydroxylation is 1. The van der Waals surface area contributed by atoms with Gasteiger partial charge in [0, 0.05) is 17.7 Å². The Morgan fingerprint density at radius 3 is 2.61 bits per heavy atom. The molecule has 0 bridgehead atoms. The maximum absolute atomic E-state index is 12.5. The van der Waals surface area contributed by atoms with E-state index in [0.717, 1.165) is 29.7 Å². The van der Waals surface area contributed by atoms with E-state index >= 15 is 0 Å². The van der Waals surface area contributed by atoms with Crippen molar-refractivity contribution < 1.29 is 9.15 Å². The summed E-state index contributed by atoms with van der Waals surface area (Å²) in [5.74, 6) is 1.40. The van der Waals surface area contributed by atoms with Crippen LogP contribution in [0.4, 0.5) is 0 Å². The lowest BCUT2D eigenvalue weighted by Gasteiger charge is -2.32. The van der Waals surface area contributed by atoms with E-state index < -0.39 is 0 Å². The van der Waals surface area contributed by atoms with Gasteiger partial charge in [-0.3, -0.25) is 4.79 Å². The molecule has 0 radical (unpaired) electrons. The summed E-state index contributed by atoms with van der Waals surface area (Å²) in [5.41, 5.74) is 2.35. The number of hydrogen-bond acceptors (Lipinski definition) is 3. The molecule has 2 heterocycles. The summed E-state index contributed by atoms with van der Waals surface area (Å²) < 4.78 is 12.0. The topological polar surface area (TPSA) is 39.4 Å². The molecular formula is C20H18O3. The van der Waals surface area contributed by atoms with Crippen LogP contribution in [0.1, 0.15) is 25.8 Å². The highest BCUT2D eigenvalue weighted by Crippen LogP contribution is 2.36. The Hall–Kier alpha value is -2.55. The van der Waals surface area contributed by atoms with E-state index in [1.807, 2.05) is 42.5 Å². The van der Waals surface area contributed by atoms with E-state index in [1.54, 1.807) is 6.07 Å². The largest absolute Gasteiger partial charge is 0.487 e. The van der Waals surface area contributed by atoms with Crippen molar-refractivity contribution >= 4 is 11.0 Å². The summed E-state index contributed by atoms with van der Waals surface area (Å²) >= 11 is 0. The fourth-order valence-electron chi connectivity index (χ4n) is 3.05. The molecule has 0 aliphatic carbocycles. The highest BCUT2D eigenvalue weighted by molar-refractivity contribution is 5.81. The fraction of sp³-hybridized carbons (Fsp3) is 0.250. The summed E-state index contributed by atoms with van der Waals surface area (Å²) in [6, 6.07) is 15.0. The van der Waals surface area contributed by atoms with Gasteiger partial charge in [-0.15, -0.1) is 0 Å². The van der Waals surface area contributed by atoms with Crippen molar-refractivity contribution in [3.8, 4) is 17.1 Å². The van der Waals surface area contributed by atoms with Gasteiger partial charge in [-0.2, -0.15) is 0 Å². The first-order valence-electron chi connectivity index (χ1n) is 7.87. The second-order valence-corrected chi connectivity index (χ2v) is 6.66. The summed E-state index contributed by atoms with van der Waals surface area (Å²) in [7, 11) is 0. The molecule has 1 aromatic heterocycles. The number of benzene rings is 2.